The maximum atomic E-state index is 12.6. The van der Waals surface area contributed by atoms with E-state index >= 15 is 0 Å². The van der Waals surface area contributed by atoms with Crippen molar-refractivity contribution in [3.8, 4) is 11.5 Å². The molecule has 3 aromatic rings. The Labute approximate surface area is 192 Å². The van der Waals surface area contributed by atoms with E-state index in [-0.39, 0.29) is 12.5 Å². The molecular weight excluding hydrogens is 452 g/mol. The lowest BCUT2D eigenvalue weighted by atomic mass is 10.1. The first kappa shape index (κ1) is 23.4. The Hall–Kier alpha value is -3.23. The summed E-state index contributed by atoms with van der Waals surface area (Å²) in [5, 5.41) is 3.36. The second-order valence-corrected chi connectivity index (χ2v) is 9.31. The Balaban J connectivity index is 1.78. The number of halogens is 1. The van der Waals surface area contributed by atoms with E-state index in [4.69, 9.17) is 21.1 Å². The number of nitrogens with zero attached hydrogens (tertiary/aromatic N) is 1. The summed E-state index contributed by atoms with van der Waals surface area (Å²) in [4.78, 5) is 12.6. The van der Waals surface area contributed by atoms with E-state index in [2.05, 4.69) is 5.32 Å². The fourth-order valence-corrected chi connectivity index (χ4v) is 4.07. The molecule has 32 heavy (non-hydrogen) atoms. The Bertz CT molecular complexity index is 1200. The highest BCUT2D eigenvalue weighted by Gasteiger charge is 2.19. The molecular formula is C23H23ClN2O5S. The van der Waals surface area contributed by atoms with Crippen molar-refractivity contribution in [2.75, 3.05) is 30.1 Å². The fraction of sp³-hybridized carbons (Fsp3) is 0.174. The third-order valence-corrected chi connectivity index (χ3v) is 6.09. The van der Waals surface area contributed by atoms with Crippen molar-refractivity contribution in [1.29, 1.82) is 0 Å². The standard InChI is InChI=1S/C23H23ClN2O5S/c1-30-21-13-10-19(14-22(21)31-2)25-23(27)17-6-11-20(12-7-17)26(32(3,28)29)15-16-4-8-18(24)9-5-16/h4-14H,15H2,1-3H3,(H,25,27). The lowest BCUT2D eigenvalue weighted by molar-refractivity contribution is 0.102. The summed E-state index contributed by atoms with van der Waals surface area (Å²) in [6, 6.07) is 18.3. The number of anilines is 2. The van der Waals surface area contributed by atoms with Gasteiger partial charge < -0.3 is 14.8 Å². The summed E-state index contributed by atoms with van der Waals surface area (Å²) in [6.07, 6.45) is 1.14. The van der Waals surface area contributed by atoms with Gasteiger partial charge in [-0.15, -0.1) is 0 Å². The number of hydrogen-bond donors (Lipinski definition) is 1. The largest absolute Gasteiger partial charge is 0.493 e. The number of benzene rings is 3. The number of methoxy groups -OCH3 is 2. The molecule has 3 aromatic carbocycles. The van der Waals surface area contributed by atoms with Crippen LogP contribution in [0.4, 0.5) is 11.4 Å². The van der Waals surface area contributed by atoms with E-state index in [1.54, 1.807) is 66.7 Å². The number of carbonyl (C=O) groups is 1. The normalized spacial score (nSPS) is 11.0. The molecule has 0 unspecified atom stereocenters. The van der Waals surface area contributed by atoms with Crippen molar-refractivity contribution >= 4 is 38.9 Å². The van der Waals surface area contributed by atoms with Gasteiger partial charge in [-0.3, -0.25) is 9.10 Å². The molecule has 168 valence electrons. The third-order valence-electron chi connectivity index (χ3n) is 4.70. The van der Waals surface area contributed by atoms with E-state index in [1.807, 2.05) is 0 Å². The monoisotopic (exact) mass is 474 g/mol. The second-order valence-electron chi connectivity index (χ2n) is 6.97. The van der Waals surface area contributed by atoms with Gasteiger partial charge in [-0.2, -0.15) is 0 Å². The van der Waals surface area contributed by atoms with Gasteiger partial charge in [-0.1, -0.05) is 23.7 Å². The maximum Gasteiger partial charge on any atom is 0.255 e. The van der Waals surface area contributed by atoms with Crippen LogP contribution in [-0.4, -0.2) is 34.8 Å². The molecule has 0 saturated carbocycles. The maximum absolute atomic E-state index is 12.6. The second kappa shape index (κ2) is 9.93. The summed E-state index contributed by atoms with van der Waals surface area (Å²) in [6.45, 7) is 0.146. The molecule has 0 aliphatic heterocycles. The van der Waals surface area contributed by atoms with Gasteiger partial charge in [0.25, 0.3) is 5.91 Å². The summed E-state index contributed by atoms with van der Waals surface area (Å²) in [7, 11) is -0.502. The Morgan fingerprint density at radius 3 is 2.12 bits per heavy atom. The Morgan fingerprint density at radius 1 is 0.938 bits per heavy atom. The van der Waals surface area contributed by atoms with Gasteiger partial charge in [0.2, 0.25) is 10.0 Å². The number of amides is 1. The van der Waals surface area contributed by atoms with Gasteiger partial charge in [-0.25, -0.2) is 8.42 Å². The van der Waals surface area contributed by atoms with Crippen LogP contribution in [0.2, 0.25) is 5.02 Å². The van der Waals surface area contributed by atoms with Crippen LogP contribution in [0, 0.1) is 0 Å². The van der Waals surface area contributed by atoms with Crippen LogP contribution in [0.1, 0.15) is 15.9 Å². The molecule has 0 spiro atoms. The first-order valence-electron chi connectivity index (χ1n) is 9.57. The van der Waals surface area contributed by atoms with Crippen LogP contribution < -0.4 is 19.1 Å². The fourth-order valence-electron chi connectivity index (χ4n) is 3.05. The van der Waals surface area contributed by atoms with Crippen LogP contribution in [0.3, 0.4) is 0 Å². The van der Waals surface area contributed by atoms with E-state index in [9.17, 15) is 13.2 Å². The first-order chi connectivity index (χ1) is 15.2. The molecule has 3 rings (SSSR count). The van der Waals surface area contributed by atoms with Crippen molar-refractivity contribution in [1.82, 2.24) is 0 Å². The van der Waals surface area contributed by atoms with Gasteiger partial charge >= 0.3 is 0 Å². The zero-order valence-corrected chi connectivity index (χ0v) is 19.4. The Morgan fingerprint density at radius 2 is 1.56 bits per heavy atom. The third kappa shape index (κ3) is 5.72. The molecule has 0 aliphatic carbocycles. The van der Waals surface area contributed by atoms with Gasteiger partial charge in [0, 0.05) is 22.3 Å². The van der Waals surface area contributed by atoms with Crippen molar-refractivity contribution in [3.05, 3.63) is 82.9 Å². The molecule has 0 bridgehead atoms. The van der Waals surface area contributed by atoms with Gasteiger partial charge in [-0.05, 0) is 54.1 Å². The quantitative estimate of drug-likeness (QED) is 0.516. The van der Waals surface area contributed by atoms with Crippen molar-refractivity contribution < 1.29 is 22.7 Å². The summed E-state index contributed by atoms with van der Waals surface area (Å²) < 4.78 is 36.5. The molecule has 0 atom stereocenters. The lowest BCUT2D eigenvalue weighted by Gasteiger charge is -2.23. The minimum Gasteiger partial charge on any atom is -0.493 e. The smallest absolute Gasteiger partial charge is 0.255 e. The molecule has 1 N–H and O–H groups in total. The van der Waals surface area contributed by atoms with Crippen LogP contribution in [0.5, 0.6) is 11.5 Å². The number of nitrogens with one attached hydrogen (secondary N) is 1. The predicted molar refractivity (Wildman–Crippen MR) is 126 cm³/mol. The van der Waals surface area contributed by atoms with Gasteiger partial charge in [0.15, 0.2) is 11.5 Å². The summed E-state index contributed by atoms with van der Waals surface area (Å²) >= 11 is 5.91. The molecule has 0 heterocycles. The predicted octanol–water partition coefficient (Wildman–Crippen LogP) is 4.58. The number of rotatable bonds is 8. The number of ether oxygens (including phenoxy) is 2. The average molecular weight is 475 g/mol. The molecule has 7 nitrogen and oxygen atoms in total. The van der Waals surface area contributed by atoms with Crippen LogP contribution >= 0.6 is 11.6 Å². The molecule has 0 saturated heterocycles. The SMILES string of the molecule is COc1ccc(NC(=O)c2ccc(N(Cc3ccc(Cl)cc3)S(C)(=O)=O)cc2)cc1OC. The topological polar surface area (TPSA) is 84.9 Å². The molecule has 0 aliphatic rings. The first-order valence-corrected chi connectivity index (χ1v) is 11.8. The molecule has 1 amide bonds. The van der Waals surface area contributed by atoms with Crippen molar-refractivity contribution in [3.63, 3.8) is 0 Å². The van der Waals surface area contributed by atoms with E-state index < -0.39 is 10.0 Å². The zero-order chi connectivity index (χ0) is 23.3. The number of carbonyl (C=O) groups excluding carboxylic acids is 1. The van der Waals surface area contributed by atoms with E-state index in [0.29, 0.717) is 33.5 Å². The molecule has 0 fully saturated rings. The zero-order valence-electron chi connectivity index (χ0n) is 17.8. The summed E-state index contributed by atoms with van der Waals surface area (Å²) in [5.41, 5.74) is 2.15. The van der Waals surface area contributed by atoms with Crippen molar-refractivity contribution in [2.45, 2.75) is 6.54 Å². The molecule has 9 heteroatoms. The molecule has 0 radical (unpaired) electrons. The molecule has 0 aromatic heterocycles. The highest BCUT2D eigenvalue weighted by molar-refractivity contribution is 7.92. The highest BCUT2D eigenvalue weighted by Crippen LogP contribution is 2.30. The minimum absolute atomic E-state index is 0.146. The minimum atomic E-state index is -3.55. The Kier molecular flexibility index (Phi) is 7.27. The van der Waals surface area contributed by atoms with Crippen LogP contribution in [-0.2, 0) is 16.6 Å². The average Bonchev–Trinajstić information content (AvgIpc) is 2.78. The number of hydrogen-bond acceptors (Lipinski definition) is 5. The highest BCUT2D eigenvalue weighted by atomic mass is 35.5. The summed E-state index contributed by atoms with van der Waals surface area (Å²) in [5.74, 6) is 0.704. The van der Waals surface area contributed by atoms with E-state index in [0.717, 1.165) is 11.8 Å². The van der Waals surface area contributed by atoms with E-state index in [1.165, 1.54) is 18.5 Å². The van der Waals surface area contributed by atoms with Gasteiger partial charge in [0.05, 0.1) is 32.7 Å². The van der Waals surface area contributed by atoms with Gasteiger partial charge in [0.1, 0.15) is 0 Å². The van der Waals surface area contributed by atoms with Crippen LogP contribution in [0.25, 0.3) is 0 Å². The lowest BCUT2D eigenvalue weighted by Crippen LogP contribution is -2.29. The number of sulfonamides is 1. The van der Waals surface area contributed by atoms with Crippen LogP contribution in [0.15, 0.2) is 66.7 Å². The van der Waals surface area contributed by atoms with Crippen molar-refractivity contribution in [2.24, 2.45) is 0 Å².